The lowest BCUT2D eigenvalue weighted by atomic mass is 9.86. The molecular weight excluding hydrogens is 268 g/mol. The van der Waals surface area contributed by atoms with E-state index in [0.29, 0.717) is 17.2 Å². The Morgan fingerprint density at radius 1 is 1.43 bits per heavy atom. The molecule has 0 spiro atoms. The molecule has 1 rings (SSSR count). The number of aliphatic hydroxyl groups excluding tert-OH is 2. The van der Waals surface area contributed by atoms with Crippen molar-refractivity contribution in [2.24, 2.45) is 16.8 Å². The van der Waals surface area contributed by atoms with Gasteiger partial charge < -0.3 is 20.2 Å². The molecule has 0 saturated carbocycles. The highest BCUT2D eigenvalue weighted by molar-refractivity contribution is 5.98. The third-order valence-electron chi connectivity index (χ3n) is 4.20. The maximum absolute atomic E-state index is 9.82. The molecule has 1 aromatic rings. The molecule has 1 aromatic heterocycles. The van der Waals surface area contributed by atoms with Crippen LogP contribution in [0.1, 0.15) is 46.4 Å². The van der Waals surface area contributed by atoms with Crippen LogP contribution in [0.15, 0.2) is 11.3 Å². The fraction of sp³-hybridized carbons (Fsp3) is 0.667. The van der Waals surface area contributed by atoms with Crippen LogP contribution in [0.2, 0.25) is 0 Å². The van der Waals surface area contributed by atoms with E-state index in [2.05, 4.69) is 9.98 Å². The first-order valence-corrected chi connectivity index (χ1v) is 7.25. The normalized spacial score (nSPS) is 17.7. The lowest BCUT2D eigenvalue weighted by Gasteiger charge is -2.30. The van der Waals surface area contributed by atoms with Gasteiger partial charge >= 0.3 is 0 Å². The average molecular weight is 294 g/mol. The van der Waals surface area contributed by atoms with Crippen molar-refractivity contribution >= 4 is 17.7 Å². The minimum absolute atomic E-state index is 0.0421. The molecule has 0 radical (unpaired) electrons. The van der Waals surface area contributed by atoms with Gasteiger partial charge in [-0.2, -0.15) is 0 Å². The molecule has 0 unspecified atom stereocenters. The summed E-state index contributed by atoms with van der Waals surface area (Å²) in [5, 5.41) is 26.7. The van der Waals surface area contributed by atoms with Crippen LogP contribution in [-0.4, -0.2) is 44.4 Å². The molecule has 4 atom stereocenters. The summed E-state index contributed by atoms with van der Waals surface area (Å²) in [4.78, 5) is 8.61. The predicted molar refractivity (Wildman–Crippen MR) is 84.7 cm³/mol. The van der Waals surface area contributed by atoms with Gasteiger partial charge in [0.25, 0.3) is 0 Å². The Hall–Kier alpha value is -1.53. The van der Waals surface area contributed by atoms with Crippen molar-refractivity contribution in [2.75, 3.05) is 6.61 Å². The van der Waals surface area contributed by atoms with Gasteiger partial charge in [0, 0.05) is 12.3 Å². The van der Waals surface area contributed by atoms with E-state index < -0.39 is 6.10 Å². The summed E-state index contributed by atoms with van der Waals surface area (Å²) in [5.74, 6) is 0.719. The fourth-order valence-electron chi connectivity index (χ4n) is 2.38. The molecule has 0 aromatic carbocycles. The van der Waals surface area contributed by atoms with Gasteiger partial charge in [-0.15, -0.1) is 0 Å². The van der Waals surface area contributed by atoms with E-state index >= 15 is 0 Å². The van der Waals surface area contributed by atoms with Crippen LogP contribution in [0.5, 0.6) is 0 Å². The molecule has 3 N–H and O–H groups in total. The molecule has 1 heterocycles. The molecule has 0 fully saturated rings. The number of aliphatic imine (C=N–C) groups is 1. The van der Waals surface area contributed by atoms with Crippen LogP contribution in [0.4, 0.5) is 5.82 Å². The van der Waals surface area contributed by atoms with Crippen molar-refractivity contribution in [2.45, 2.75) is 46.8 Å². The molecule has 0 aliphatic rings. The highest BCUT2D eigenvalue weighted by atomic mass is 16.3. The van der Waals surface area contributed by atoms with E-state index in [1.165, 1.54) is 0 Å². The number of hydrogen-bond donors (Lipinski definition) is 3. The Balaban J connectivity index is 3.12. The molecule has 0 aliphatic heterocycles. The SMILES string of the molecule is C/C=N\c1c(C(C)=N)ncn1[C@@H](C)[C@@H](C)[C@@H](C)[C@@H](O)CO. The van der Waals surface area contributed by atoms with Crippen molar-refractivity contribution in [3.8, 4) is 0 Å². The summed E-state index contributed by atoms with van der Waals surface area (Å²) in [6.07, 6.45) is 2.63. The Kier molecular flexibility index (Phi) is 6.23. The van der Waals surface area contributed by atoms with Crippen LogP contribution in [0, 0.1) is 17.2 Å². The van der Waals surface area contributed by atoms with Gasteiger partial charge in [-0.25, -0.2) is 9.98 Å². The van der Waals surface area contributed by atoms with E-state index in [4.69, 9.17) is 10.5 Å². The van der Waals surface area contributed by atoms with Crippen LogP contribution in [0.25, 0.3) is 0 Å². The third-order valence-corrected chi connectivity index (χ3v) is 4.20. The standard InChI is InChI=1S/C15H26N4O2/c1-6-17-15-14(11(4)16)18-8-19(15)12(5)9(2)10(3)13(21)7-20/h6,8-10,12-13,16,20-21H,7H2,1-5H3/b16-11?,17-6-/t9-,10+,12-,13-/m0/s1. The van der Waals surface area contributed by atoms with Crippen molar-refractivity contribution < 1.29 is 10.2 Å². The number of aromatic nitrogens is 2. The topological polar surface area (TPSA) is 94.5 Å². The molecule has 21 heavy (non-hydrogen) atoms. The first-order chi connectivity index (χ1) is 9.84. The number of nitrogens with one attached hydrogen (secondary N) is 1. The maximum atomic E-state index is 9.82. The van der Waals surface area contributed by atoms with Gasteiger partial charge in [-0.1, -0.05) is 13.8 Å². The lowest BCUT2D eigenvalue weighted by molar-refractivity contribution is 0.0245. The van der Waals surface area contributed by atoms with Gasteiger partial charge in [0.2, 0.25) is 0 Å². The quantitative estimate of drug-likeness (QED) is 0.673. The molecule has 118 valence electrons. The number of nitrogens with zero attached hydrogens (tertiary/aromatic N) is 3. The summed E-state index contributed by atoms with van der Waals surface area (Å²) in [7, 11) is 0. The predicted octanol–water partition coefficient (Wildman–Crippen LogP) is 2.18. The van der Waals surface area contributed by atoms with Crippen molar-refractivity contribution in [1.29, 1.82) is 5.41 Å². The van der Waals surface area contributed by atoms with E-state index in [1.807, 2.05) is 32.3 Å². The van der Waals surface area contributed by atoms with Crippen molar-refractivity contribution in [3.05, 3.63) is 12.0 Å². The van der Waals surface area contributed by atoms with Gasteiger partial charge in [-0.05, 0) is 32.6 Å². The third kappa shape index (κ3) is 3.77. The minimum atomic E-state index is -0.743. The Labute approximate surface area is 126 Å². The zero-order valence-corrected chi connectivity index (χ0v) is 13.4. The molecular formula is C15H26N4O2. The molecule has 0 saturated heterocycles. The Morgan fingerprint density at radius 3 is 2.52 bits per heavy atom. The summed E-state index contributed by atoms with van der Waals surface area (Å²) in [5.41, 5.74) is 0.945. The second-order valence-corrected chi connectivity index (χ2v) is 5.55. The molecule has 0 bridgehead atoms. The van der Waals surface area contributed by atoms with Gasteiger partial charge in [0.05, 0.1) is 24.7 Å². The number of aliphatic hydroxyl groups is 2. The molecule has 0 aliphatic carbocycles. The first kappa shape index (κ1) is 17.5. The van der Waals surface area contributed by atoms with Gasteiger partial charge in [-0.3, -0.25) is 0 Å². The van der Waals surface area contributed by atoms with Crippen LogP contribution < -0.4 is 0 Å². The second kappa shape index (κ2) is 7.47. The number of rotatable bonds is 7. The summed E-state index contributed by atoms with van der Waals surface area (Å²) < 4.78 is 1.93. The summed E-state index contributed by atoms with van der Waals surface area (Å²) in [6, 6.07) is 0.0421. The number of hydrogen-bond acceptors (Lipinski definition) is 5. The van der Waals surface area contributed by atoms with E-state index in [0.717, 1.165) is 0 Å². The van der Waals surface area contributed by atoms with Gasteiger partial charge in [0.1, 0.15) is 5.69 Å². The zero-order chi connectivity index (χ0) is 16.2. The summed E-state index contributed by atoms with van der Waals surface area (Å²) in [6.45, 7) is 9.26. The van der Waals surface area contributed by atoms with Crippen molar-refractivity contribution in [1.82, 2.24) is 9.55 Å². The Morgan fingerprint density at radius 2 is 2.05 bits per heavy atom. The maximum Gasteiger partial charge on any atom is 0.161 e. The van der Waals surface area contributed by atoms with E-state index in [-0.39, 0.29) is 24.5 Å². The van der Waals surface area contributed by atoms with Crippen molar-refractivity contribution in [3.63, 3.8) is 0 Å². The van der Waals surface area contributed by atoms with Crippen LogP contribution in [-0.2, 0) is 0 Å². The number of imidazole rings is 1. The summed E-state index contributed by atoms with van der Waals surface area (Å²) >= 11 is 0. The van der Waals surface area contributed by atoms with Crippen LogP contribution in [0.3, 0.4) is 0 Å². The van der Waals surface area contributed by atoms with E-state index in [1.54, 1.807) is 19.5 Å². The molecule has 0 amide bonds. The highest BCUT2D eigenvalue weighted by Gasteiger charge is 2.27. The molecule has 6 heteroatoms. The molecule has 6 nitrogen and oxygen atoms in total. The Bertz CT molecular complexity index is 510. The lowest BCUT2D eigenvalue weighted by Crippen LogP contribution is -2.31. The van der Waals surface area contributed by atoms with Gasteiger partial charge in [0.15, 0.2) is 5.82 Å². The van der Waals surface area contributed by atoms with E-state index in [9.17, 15) is 5.11 Å². The fourth-order valence-corrected chi connectivity index (χ4v) is 2.38. The zero-order valence-electron chi connectivity index (χ0n) is 13.4. The smallest absolute Gasteiger partial charge is 0.161 e. The first-order valence-electron chi connectivity index (χ1n) is 7.25. The van der Waals surface area contributed by atoms with Crippen LogP contribution >= 0.6 is 0 Å². The highest BCUT2D eigenvalue weighted by Crippen LogP contribution is 2.32. The monoisotopic (exact) mass is 294 g/mol. The minimum Gasteiger partial charge on any atom is -0.394 e. The average Bonchev–Trinajstić information content (AvgIpc) is 2.88. The largest absolute Gasteiger partial charge is 0.394 e. The second-order valence-electron chi connectivity index (χ2n) is 5.55.